The van der Waals surface area contributed by atoms with Gasteiger partial charge in [0, 0.05) is 24.2 Å². The van der Waals surface area contributed by atoms with Crippen molar-refractivity contribution in [1.82, 2.24) is 34.7 Å². The highest BCUT2D eigenvalue weighted by Gasteiger charge is 2.35. The molecule has 0 bridgehead atoms. The minimum absolute atomic E-state index is 0.00984. The van der Waals surface area contributed by atoms with Gasteiger partial charge in [-0.15, -0.1) is 10.2 Å². The molecule has 3 aromatic heterocycles. The summed E-state index contributed by atoms with van der Waals surface area (Å²) in [6.07, 6.45) is 7.03. The number of nitrogens with one attached hydrogen (secondary N) is 1. The fraction of sp³-hybridized carbons (Fsp3) is 0.500. The number of nitrogens with zero attached hydrogens (tertiary/aromatic N) is 7. The van der Waals surface area contributed by atoms with Crippen molar-refractivity contribution in [3.63, 3.8) is 0 Å². The number of rotatable bonds is 9. The average molecular weight is 509 g/mol. The van der Waals surface area contributed by atoms with Crippen LogP contribution in [0.2, 0.25) is 5.02 Å². The van der Waals surface area contributed by atoms with E-state index in [2.05, 4.69) is 34.9 Å². The molecule has 2 atom stereocenters. The van der Waals surface area contributed by atoms with E-state index in [1.165, 1.54) is 32.9 Å². The Hall–Kier alpha value is -3.06. The highest BCUT2D eigenvalue weighted by atomic mass is 35.5. The fourth-order valence-corrected chi connectivity index (χ4v) is 4.94. The topological polar surface area (TPSA) is 147 Å². The van der Waals surface area contributed by atoms with Gasteiger partial charge < -0.3 is 9.47 Å². The number of sulfonamides is 1. The molecule has 0 aromatic carbocycles. The Morgan fingerprint density at radius 1 is 1.06 bits per heavy atom. The number of methoxy groups -OCH3 is 2. The van der Waals surface area contributed by atoms with Crippen molar-refractivity contribution in [2.24, 2.45) is 0 Å². The molecule has 0 radical (unpaired) electrons. The smallest absolute Gasteiger partial charge is 0.245 e. The molecule has 1 fully saturated rings. The van der Waals surface area contributed by atoms with E-state index in [0.29, 0.717) is 22.4 Å². The van der Waals surface area contributed by atoms with Crippen molar-refractivity contribution in [2.75, 3.05) is 18.9 Å². The number of halogens is 1. The van der Waals surface area contributed by atoms with Crippen molar-refractivity contribution < 1.29 is 17.9 Å². The molecular weight excluding hydrogens is 484 g/mol. The third-order valence-electron chi connectivity index (χ3n) is 6.00. The summed E-state index contributed by atoms with van der Waals surface area (Å²) in [5, 5.41) is 7.93. The van der Waals surface area contributed by atoms with Gasteiger partial charge in [0.25, 0.3) is 0 Å². The zero-order chi connectivity index (χ0) is 24.5. The molecule has 0 aliphatic heterocycles. The lowest BCUT2D eigenvalue weighted by molar-refractivity contribution is 0.362. The largest absolute Gasteiger partial charge is 0.479 e. The first kappa shape index (κ1) is 24.1. The van der Waals surface area contributed by atoms with E-state index in [0.717, 1.165) is 19.3 Å². The Bertz CT molecular complexity index is 1240. The lowest BCUT2D eigenvalue weighted by Gasteiger charge is -2.26. The van der Waals surface area contributed by atoms with Gasteiger partial charge in [-0.3, -0.25) is 9.29 Å². The molecule has 34 heavy (non-hydrogen) atoms. The van der Waals surface area contributed by atoms with Crippen LogP contribution < -0.4 is 14.2 Å². The Morgan fingerprint density at radius 2 is 1.68 bits per heavy atom. The third kappa shape index (κ3) is 4.49. The first-order valence-corrected chi connectivity index (χ1v) is 12.6. The van der Waals surface area contributed by atoms with E-state index in [1.807, 2.05) is 0 Å². The van der Waals surface area contributed by atoms with Gasteiger partial charge in [0.2, 0.25) is 27.7 Å². The molecule has 1 saturated carbocycles. The molecule has 1 aliphatic carbocycles. The minimum Gasteiger partial charge on any atom is -0.479 e. The normalized spacial score (nSPS) is 15.9. The molecule has 12 nitrogen and oxygen atoms in total. The molecular formula is C20H25ClN8O4S. The molecule has 182 valence electrons. The average Bonchev–Trinajstić information content (AvgIpc) is 3.18. The first-order valence-electron chi connectivity index (χ1n) is 10.6. The van der Waals surface area contributed by atoms with Gasteiger partial charge in [0.15, 0.2) is 5.69 Å². The van der Waals surface area contributed by atoms with Gasteiger partial charge in [0.1, 0.15) is 18.0 Å². The van der Waals surface area contributed by atoms with Crippen molar-refractivity contribution >= 4 is 27.6 Å². The number of aromatic nitrogens is 7. The molecule has 2 unspecified atom stereocenters. The Labute approximate surface area is 202 Å². The lowest BCUT2D eigenvalue weighted by atomic mass is 9.85. The van der Waals surface area contributed by atoms with Crippen LogP contribution >= 0.6 is 11.6 Å². The molecule has 3 aromatic rings. The van der Waals surface area contributed by atoms with Crippen LogP contribution in [0, 0.1) is 0 Å². The van der Waals surface area contributed by atoms with Crippen molar-refractivity contribution in [2.45, 2.75) is 50.2 Å². The van der Waals surface area contributed by atoms with Crippen LogP contribution in [0.25, 0.3) is 5.69 Å². The molecule has 0 saturated heterocycles. The second kappa shape index (κ2) is 9.66. The summed E-state index contributed by atoms with van der Waals surface area (Å²) >= 11 is 5.86. The van der Waals surface area contributed by atoms with Gasteiger partial charge in [-0.05, 0) is 19.8 Å². The van der Waals surface area contributed by atoms with Crippen LogP contribution in [-0.2, 0) is 10.0 Å². The van der Waals surface area contributed by atoms with Crippen LogP contribution in [0.15, 0.2) is 18.7 Å². The molecule has 3 heterocycles. The van der Waals surface area contributed by atoms with Crippen LogP contribution in [-0.4, -0.2) is 62.6 Å². The van der Waals surface area contributed by atoms with E-state index < -0.39 is 21.2 Å². The van der Waals surface area contributed by atoms with Crippen molar-refractivity contribution in [3.8, 4) is 17.4 Å². The molecule has 14 heteroatoms. The Kier molecular flexibility index (Phi) is 6.84. The summed E-state index contributed by atoms with van der Waals surface area (Å²) in [5.74, 6) is 0.910. The van der Waals surface area contributed by atoms with Gasteiger partial charge in [-0.25, -0.2) is 18.4 Å². The summed E-state index contributed by atoms with van der Waals surface area (Å²) in [6.45, 7) is 3.31. The predicted octanol–water partition coefficient (Wildman–Crippen LogP) is 2.72. The van der Waals surface area contributed by atoms with Crippen LogP contribution in [0.1, 0.15) is 56.6 Å². The first-order chi connectivity index (χ1) is 16.3. The Balaban J connectivity index is 1.74. The summed E-state index contributed by atoms with van der Waals surface area (Å²) < 4.78 is 41.7. The van der Waals surface area contributed by atoms with Gasteiger partial charge in [-0.1, -0.05) is 24.9 Å². The maximum absolute atomic E-state index is 13.4. The SMILES string of the molecule is COc1ncnc(OC)c1-n1c(NS(=O)(=O)C(C)C(C)c2ncc(Cl)cn2)nnc1C1CCC1. The zero-order valence-corrected chi connectivity index (χ0v) is 20.7. The van der Waals surface area contributed by atoms with Gasteiger partial charge >= 0.3 is 0 Å². The van der Waals surface area contributed by atoms with E-state index >= 15 is 0 Å². The minimum atomic E-state index is -3.95. The number of hydrogen-bond donors (Lipinski definition) is 1. The standard InChI is InChI=1S/C20H25ClN8O4S/c1-11(16-22-8-14(21)9-23-16)12(2)34(30,31)28-20-27-26-17(13-6-5-7-13)29(20)15-18(32-3)24-10-25-19(15)33-4/h8-13H,5-7H2,1-4H3,(H,27,28). The second-order valence-corrected chi connectivity index (χ2v) is 10.5. The summed E-state index contributed by atoms with van der Waals surface area (Å²) in [4.78, 5) is 16.6. The molecule has 1 N–H and O–H groups in total. The van der Waals surface area contributed by atoms with Crippen molar-refractivity contribution in [3.05, 3.63) is 35.4 Å². The van der Waals surface area contributed by atoms with E-state index in [4.69, 9.17) is 21.1 Å². The molecule has 0 spiro atoms. The monoisotopic (exact) mass is 508 g/mol. The molecule has 1 aliphatic rings. The fourth-order valence-electron chi connectivity index (χ4n) is 3.61. The number of ether oxygens (including phenoxy) is 2. The summed E-state index contributed by atoms with van der Waals surface area (Å²) in [6, 6.07) is 0. The van der Waals surface area contributed by atoms with Gasteiger partial charge in [0.05, 0.1) is 24.5 Å². The van der Waals surface area contributed by atoms with Crippen molar-refractivity contribution in [1.29, 1.82) is 0 Å². The molecule has 0 amide bonds. The van der Waals surface area contributed by atoms with E-state index in [-0.39, 0.29) is 23.6 Å². The van der Waals surface area contributed by atoms with Crippen LogP contribution in [0.4, 0.5) is 5.95 Å². The van der Waals surface area contributed by atoms with Crippen LogP contribution in [0.3, 0.4) is 0 Å². The lowest BCUT2D eigenvalue weighted by Crippen LogP contribution is -2.31. The number of anilines is 1. The van der Waals surface area contributed by atoms with Crippen LogP contribution in [0.5, 0.6) is 11.8 Å². The maximum Gasteiger partial charge on any atom is 0.245 e. The maximum atomic E-state index is 13.4. The van der Waals surface area contributed by atoms with E-state index in [1.54, 1.807) is 18.4 Å². The highest BCUT2D eigenvalue weighted by Crippen LogP contribution is 2.40. The highest BCUT2D eigenvalue weighted by molar-refractivity contribution is 7.93. The zero-order valence-electron chi connectivity index (χ0n) is 19.1. The molecule has 4 rings (SSSR count). The third-order valence-corrected chi connectivity index (χ3v) is 8.05. The summed E-state index contributed by atoms with van der Waals surface area (Å²) in [7, 11) is -1.04. The predicted molar refractivity (Wildman–Crippen MR) is 124 cm³/mol. The quantitative estimate of drug-likeness (QED) is 0.457. The number of hydrogen-bond acceptors (Lipinski definition) is 10. The second-order valence-electron chi connectivity index (χ2n) is 7.99. The van der Waals surface area contributed by atoms with E-state index in [9.17, 15) is 8.42 Å². The Morgan fingerprint density at radius 3 is 2.21 bits per heavy atom. The summed E-state index contributed by atoms with van der Waals surface area (Å²) in [5.41, 5.74) is 0.318. The van der Waals surface area contributed by atoms with Gasteiger partial charge in [-0.2, -0.15) is 9.97 Å².